The number of aromatic nitrogens is 1. The zero-order valence-electron chi connectivity index (χ0n) is 12.6. The molecule has 0 radical (unpaired) electrons. The number of carbonyl (C=O) groups excluding carboxylic acids is 1. The van der Waals surface area contributed by atoms with Crippen LogP contribution in [0.5, 0.6) is 5.75 Å². The van der Waals surface area contributed by atoms with Crippen molar-refractivity contribution in [1.82, 2.24) is 10.3 Å². The SMILES string of the molecule is CC(C)Oc1ccc(C(=O)NCCSSCCC(=O)O)nc1. The number of hydrogen-bond donors (Lipinski definition) is 2. The largest absolute Gasteiger partial charge is 0.489 e. The molecule has 1 amide bonds. The van der Waals surface area contributed by atoms with E-state index in [1.165, 1.54) is 27.8 Å². The summed E-state index contributed by atoms with van der Waals surface area (Å²) in [6.07, 6.45) is 1.75. The van der Waals surface area contributed by atoms with Crippen molar-refractivity contribution in [2.24, 2.45) is 0 Å². The van der Waals surface area contributed by atoms with Crippen molar-refractivity contribution in [2.45, 2.75) is 26.4 Å². The predicted octanol–water partition coefficient (Wildman–Crippen LogP) is 2.45. The summed E-state index contributed by atoms with van der Waals surface area (Å²) in [6.45, 7) is 4.36. The van der Waals surface area contributed by atoms with Gasteiger partial charge in [-0.1, -0.05) is 21.6 Å². The Kier molecular flexibility index (Phi) is 8.76. The minimum absolute atomic E-state index is 0.0668. The Hall–Kier alpha value is -1.41. The predicted molar refractivity (Wildman–Crippen MR) is 89.5 cm³/mol. The summed E-state index contributed by atoms with van der Waals surface area (Å²) < 4.78 is 5.46. The smallest absolute Gasteiger partial charge is 0.304 e. The normalized spacial score (nSPS) is 10.5. The van der Waals surface area contributed by atoms with Crippen molar-refractivity contribution >= 4 is 33.5 Å². The Labute approximate surface area is 137 Å². The first-order valence-corrected chi connectivity index (χ1v) is 9.35. The number of nitrogens with zero attached hydrogens (tertiary/aromatic N) is 1. The van der Waals surface area contributed by atoms with E-state index in [1.54, 1.807) is 12.1 Å². The molecule has 2 N–H and O–H groups in total. The van der Waals surface area contributed by atoms with Crippen molar-refractivity contribution in [3.63, 3.8) is 0 Å². The Morgan fingerprint density at radius 1 is 1.32 bits per heavy atom. The van der Waals surface area contributed by atoms with E-state index in [2.05, 4.69) is 10.3 Å². The van der Waals surface area contributed by atoms with Crippen molar-refractivity contribution in [3.05, 3.63) is 24.0 Å². The third-order valence-corrected chi connectivity index (χ3v) is 4.70. The van der Waals surface area contributed by atoms with E-state index in [0.29, 0.717) is 29.5 Å². The Morgan fingerprint density at radius 3 is 2.64 bits per heavy atom. The lowest BCUT2D eigenvalue weighted by molar-refractivity contribution is -0.136. The molecule has 0 aliphatic heterocycles. The highest BCUT2D eigenvalue weighted by atomic mass is 33.1. The highest BCUT2D eigenvalue weighted by molar-refractivity contribution is 8.76. The van der Waals surface area contributed by atoms with Crippen LogP contribution in [0.1, 0.15) is 30.8 Å². The molecule has 22 heavy (non-hydrogen) atoms. The minimum Gasteiger partial charge on any atom is -0.489 e. The van der Waals surface area contributed by atoms with Gasteiger partial charge in [-0.25, -0.2) is 4.98 Å². The van der Waals surface area contributed by atoms with E-state index in [-0.39, 0.29) is 18.4 Å². The monoisotopic (exact) mass is 344 g/mol. The summed E-state index contributed by atoms with van der Waals surface area (Å²) >= 11 is 0. The van der Waals surface area contributed by atoms with Gasteiger partial charge in [0.05, 0.1) is 18.7 Å². The van der Waals surface area contributed by atoms with E-state index in [4.69, 9.17) is 9.84 Å². The molecule has 1 aromatic rings. The number of aliphatic carboxylic acids is 1. The first-order chi connectivity index (χ1) is 10.5. The number of nitrogens with one attached hydrogen (secondary N) is 1. The molecule has 122 valence electrons. The van der Waals surface area contributed by atoms with Gasteiger partial charge in [-0.3, -0.25) is 9.59 Å². The number of carbonyl (C=O) groups is 2. The number of amides is 1. The van der Waals surface area contributed by atoms with Crippen LogP contribution in [0.3, 0.4) is 0 Å². The second-order valence-electron chi connectivity index (χ2n) is 4.59. The molecule has 0 fully saturated rings. The van der Waals surface area contributed by atoms with Crippen LogP contribution in [-0.2, 0) is 4.79 Å². The average Bonchev–Trinajstić information content (AvgIpc) is 2.46. The van der Waals surface area contributed by atoms with Crippen LogP contribution in [0, 0.1) is 0 Å². The Bertz CT molecular complexity index is 480. The Balaban J connectivity index is 2.21. The van der Waals surface area contributed by atoms with Gasteiger partial charge < -0.3 is 15.2 Å². The first-order valence-electron chi connectivity index (χ1n) is 6.86. The van der Waals surface area contributed by atoms with Crippen molar-refractivity contribution in [1.29, 1.82) is 0 Å². The third kappa shape index (κ3) is 8.14. The summed E-state index contributed by atoms with van der Waals surface area (Å²) in [5.74, 6) is 0.888. The van der Waals surface area contributed by atoms with Gasteiger partial charge in [-0.05, 0) is 26.0 Å². The van der Waals surface area contributed by atoms with Crippen molar-refractivity contribution in [2.75, 3.05) is 18.1 Å². The molecule has 0 bridgehead atoms. The van der Waals surface area contributed by atoms with E-state index >= 15 is 0 Å². The summed E-state index contributed by atoms with van der Waals surface area (Å²) in [4.78, 5) is 26.2. The fraction of sp³-hybridized carbons (Fsp3) is 0.500. The van der Waals surface area contributed by atoms with Crippen LogP contribution in [-0.4, -0.2) is 46.1 Å². The number of ether oxygens (including phenoxy) is 1. The molecular formula is C14H20N2O4S2. The lowest BCUT2D eigenvalue weighted by atomic mass is 10.3. The highest BCUT2D eigenvalue weighted by Gasteiger charge is 2.07. The van der Waals surface area contributed by atoms with Crippen LogP contribution in [0.4, 0.5) is 0 Å². The van der Waals surface area contributed by atoms with Crippen LogP contribution >= 0.6 is 21.6 Å². The van der Waals surface area contributed by atoms with Crippen LogP contribution in [0.15, 0.2) is 18.3 Å². The van der Waals surface area contributed by atoms with Gasteiger partial charge in [0.15, 0.2) is 0 Å². The summed E-state index contributed by atoms with van der Waals surface area (Å²) in [7, 11) is 3.03. The zero-order chi connectivity index (χ0) is 16.4. The molecular weight excluding hydrogens is 324 g/mol. The highest BCUT2D eigenvalue weighted by Crippen LogP contribution is 2.21. The third-order valence-electron chi connectivity index (χ3n) is 2.29. The first kappa shape index (κ1) is 18.6. The van der Waals surface area contributed by atoms with Crippen LogP contribution < -0.4 is 10.1 Å². The topological polar surface area (TPSA) is 88.5 Å². The molecule has 8 heteroatoms. The molecule has 0 saturated heterocycles. The second kappa shape index (κ2) is 10.3. The molecule has 6 nitrogen and oxygen atoms in total. The number of hydrogen-bond acceptors (Lipinski definition) is 6. The van der Waals surface area contributed by atoms with Gasteiger partial charge >= 0.3 is 5.97 Å². The molecule has 1 heterocycles. The van der Waals surface area contributed by atoms with Crippen molar-refractivity contribution < 1.29 is 19.4 Å². The zero-order valence-corrected chi connectivity index (χ0v) is 14.2. The molecule has 0 aliphatic rings. The van der Waals surface area contributed by atoms with Crippen LogP contribution in [0.25, 0.3) is 0 Å². The molecule has 1 rings (SSSR count). The molecule has 0 unspecified atom stereocenters. The van der Waals surface area contributed by atoms with E-state index in [0.717, 1.165) is 0 Å². The van der Waals surface area contributed by atoms with Gasteiger partial charge in [0, 0.05) is 18.1 Å². The molecule has 1 aromatic heterocycles. The molecule has 0 spiro atoms. The Morgan fingerprint density at radius 2 is 2.05 bits per heavy atom. The van der Waals surface area contributed by atoms with E-state index < -0.39 is 5.97 Å². The minimum atomic E-state index is -0.794. The van der Waals surface area contributed by atoms with Gasteiger partial charge in [0.2, 0.25) is 0 Å². The fourth-order valence-corrected chi connectivity index (χ4v) is 3.29. The fourth-order valence-electron chi connectivity index (χ4n) is 1.40. The lowest BCUT2D eigenvalue weighted by Crippen LogP contribution is -2.26. The van der Waals surface area contributed by atoms with Crippen LogP contribution in [0.2, 0.25) is 0 Å². The number of rotatable bonds is 10. The van der Waals surface area contributed by atoms with Gasteiger partial charge in [-0.15, -0.1) is 0 Å². The molecule has 0 aromatic carbocycles. The summed E-state index contributed by atoms with van der Waals surface area (Å²) in [5.41, 5.74) is 0.347. The molecule has 0 atom stereocenters. The summed E-state index contributed by atoms with van der Waals surface area (Å²) in [5, 5.41) is 11.3. The number of carboxylic acids is 1. The van der Waals surface area contributed by atoms with E-state index in [1.807, 2.05) is 13.8 Å². The van der Waals surface area contributed by atoms with Gasteiger partial charge in [0.1, 0.15) is 11.4 Å². The van der Waals surface area contributed by atoms with E-state index in [9.17, 15) is 9.59 Å². The number of carboxylic acid groups (broad SMARTS) is 1. The average molecular weight is 344 g/mol. The van der Waals surface area contributed by atoms with Crippen molar-refractivity contribution in [3.8, 4) is 5.75 Å². The van der Waals surface area contributed by atoms with Gasteiger partial charge in [0.25, 0.3) is 5.91 Å². The maximum atomic E-state index is 11.8. The van der Waals surface area contributed by atoms with Gasteiger partial charge in [-0.2, -0.15) is 0 Å². The number of pyridine rings is 1. The maximum Gasteiger partial charge on any atom is 0.304 e. The second-order valence-corrected chi connectivity index (χ2v) is 7.29. The summed E-state index contributed by atoms with van der Waals surface area (Å²) in [6, 6.07) is 3.35. The lowest BCUT2D eigenvalue weighted by Gasteiger charge is -2.09. The quantitative estimate of drug-likeness (QED) is 0.498. The standard InChI is InChI=1S/C14H20N2O4S2/c1-10(2)20-11-3-4-12(16-9-11)14(19)15-6-8-22-21-7-5-13(17)18/h3-4,9-10H,5-8H2,1-2H3,(H,15,19)(H,17,18). The maximum absolute atomic E-state index is 11.8. The molecule has 0 aliphatic carbocycles. The molecule has 0 saturated carbocycles.